The smallest absolute Gasteiger partial charge is 0.242 e. The number of anilines is 1. The van der Waals surface area contributed by atoms with Crippen LogP contribution in [-0.4, -0.2) is 67.2 Å². The number of para-hydroxylation sites is 2. The normalized spacial score (nSPS) is 20.6. The van der Waals surface area contributed by atoms with Gasteiger partial charge in [0.15, 0.2) is 16.7 Å². The third kappa shape index (κ3) is 6.11. The highest BCUT2D eigenvalue weighted by atomic mass is 32.2. The molecule has 2 heterocycles. The maximum Gasteiger partial charge on any atom is 0.242 e. The van der Waals surface area contributed by atoms with Crippen LogP contribution in [0.3, 0.4) is 0 Å². The third-order valence-corrected chi connectivity index (χ3v) is 7.02. The lowest BCUT2D eigenvalue weighted by Crippen LogP contribution is -2.38. The minimum atomic E-state index is -0.593. The highest BCUT2D eigenvalue weighted by Crippen LogP contribution is 2.36. The van der Waals surface area contributed by atoms with Gasteiger partial charge in [-0.25, -0.2) is 4.99 Å². The Hall–Kier alpha value is -3.24. The summed E-state index contributed by atoms with van der Waals surface area (Å²) >= 11 is 1.29. The average Bonchev–Trinajstić information content (AvgIpc) is 3.49. The van der Waals surface area contributed by atoms with Crippen molar-refractivity contribution in [3.8, 4) is 17.2 Å². The van der Waals surface area contributed by atoms with E-state index >= 15 is 0 Å². The Morgan fingerprint density at radius 1 is 1.17 bits per heavy atom. The molecule has 2 unspecified atom stereocenters. The van der Waals surface area contributed by atoms with Gasteiger partial charge in [0, 0.05) is 24.8 Å². The van der Waals surface area contributed by atoms with Crippen molar-refractivity contribution in [2.24, 2.45) is 4.99 Å². The number of hydrogen-bond acceptors (Lipinski definition) is 8. The van der Waals surface area contributed by atoms with E-state index in [0.29, 0.717) is 53.5 Å². The van der Waals surface area contributed by atoms with Gasteiger partial charge in [0.1, 0.15) is 16.7 Å². The fraction of sp³-hybridized carbons (Fsp3) is 0.423. The molecule has 0 spiro atoms. The van der Waals surface area contributed by atoms with Gasteiger partial charge in [-0.1, -0.05) is 23.9 Å². The van der Waals surface area contributed by atoms with Crippen LogP contribution in [-0.2, 0) is 14.3 Å². The number of benzene rings is 2. The molecule has 0 aliphatic carbocycles. The minimum Gasteiger partial charge on any atom is -0.493 e. The molecule has 9 nitrogen and oxygen atoms in total. The molecular weight excluding hydrogens is 482 g/mol. The summed E-state index contributed by atoms with van der Waals surface area (Å²) in [6.45, 7) is 3.52. The number of nitrogens with one attached hydrogen (secondary N) is 1. The quantitative estimate of drug-likeness (QED) is 0.507. The molecule has 2 aliphatic rings. The van der Waals surface area contributed by atoms with E-state index in [9.17, 15) is 9.59 Å². The van der Waals surface area contributed by atoms with E-state index in [4.69, 9.17) is 23.9 Å². The zero-order chi connectivity index (χ0) is 25.5. The zero-order valence-electron chi connectivity index (χ0n) is 20.7. The summed E-state index contributed by atoms with van der Waals surface area (Å²) in [7, 11) is 3.08. The molecule has 2 aromatic carbocycles. The van der Waals surface area contributed by atoms with Crippen LogP contribution in [0.1, 0.15) is 26.2 Å². The van der Waals surface area contributed by atoms with Crippen molar-refractivity contribution < 1.29 is 28.5 Å². The molecule has 0 radical (unpaired) electrons. The van der Waals surface area contributed by atoms with Crippen LogP contribution in [0.25, 0.3) is 0 Å². The number of ether oxygens (including phenoxy) is 4. The van der Waals surface area contributed by atoms with Gasteiger partial charge in [-0.3, -0.25) is 14.5 Å². The lowest BCUT2D eigenvalue weighted by atomic mass is 10.2. The van der Waals surface area contributed by atoms with Crippen molar-refractivity contribution >= 4 is 40.1 Å². The second kappa shape index (κ2) is 12.1. The molecule has 0 bridgehead atoms. The van der Waals surface area contributed by atoms with Crippen LogP contribution in [0.2, 0.25) is 0 Å². The number of nitrogens with zero attached hydrogens (tertiary/aromatic N) is 2. The Labute approximate surface area is 215 Å². The number of carbonyl (C=O) groups is 2. The maximum absolute atomic E-state index is 13.4. The van der Waals surface area contributed by atoms with Gasteiger partial charge in [0.05, 0.1) is 33.5 Å². The lowest BCUT2D eigenvalue weighted by Gasteiger charge is -2.20. The fourth-order valence-corrected chi connectivity index (χ4v) is 5.27. The van der Waals surface area contributed by atoms with Crippen molar-refractivity contribution in [2.75, 3.05) is 39.3 Å². The molecule has 192 valence electrons. The SMILES string of the molecule is CCOc1ccccc1N=C1SC(CC(=O)Nc2ccc(OC)c(OC)c2)C(=O)N1CC1CCCO1. The molecule has 2 saturated heterocycles. The third-order valence-electron chi connectivity index (χ3n) is 5.85. The fourth-order valence-electron chi connectivity index (χ4n) is 4.11. The number of methoxy groups -OCH3 is 2. The predicted molar refractivity (Wildman–Crippen MR) is 140 cm³/mol. The number of aliphatic imine (C=N–C) groups is 1. The van der Waals surface area contributed by atoms with Crippen molar-refractivity contribution in [1.82, 2.24) is 4.90 Å². The summed E-state index contributed by atoms with van der Waals surface area (Å²) in [6.07, 6.45) is 1.82. The number of amides is 2. The molecule has 2 amide bonds. The van der Waals surface area contributed by atoms with E-state index in [0.717, 1.165) is 12.8 Å². The maximum atomic E-state index is 13.4. The number of rotatable bonds is 10. The standard InChI is InChI=1S/C26H31N3O6S/c1-4-34-20-10-6-5-9-19(20)28-26-29(16-18-8-7-13-35-18)25(31)23(36-26)15-24(30)27-17-11-12-21(32-2)22(14-17)33-3/h5-6,9-12,14,18,23H,4,7-8,13,15-16H2,1-3H3,(H,27,30). The van der Waals surface area contributed by atoms with E-state index in [1.807, 2.05) is 31.2 Å². The molecule has 10 heteroatoms. The van der Waals surface area contributed by atoms with Gasteiger partial charge in [0.25, 0.3) is 0 Å². The Balaban J connectivity index is 1.51. The van der Waals surface area contributed by atoms with Gasteiger partial charge in [0.2, 0.25) is 11.8 Å². The summed E-state index contributed by atoms with van der Waals surface area (Å²) in [4.78, 5) is 32.7. The second-order valence-electron chi connectivity index (χ2n) is 8.31. The lowest BCUT2D eigenvalue weighted by molar-refractivity contribution is -0.129. The van der Waals surface area contributed by atoms with Gasteiger partial charge in [-0.05, 0) is 44.0 Å². The number of carbonyl (C=O) groups excluding carboxylic acids is 2. The van der Waals surface area contributed by atoms with Crippen LogP contribution >= 0.6 is 11.8 Å². The Morgan fingerprint density at radius 2 is 1.97 bits per heavy atom. The Bertz CT molecular complexity index is 1120. The predicted octanol–water partition coefficient (Wildman–Crippen LogP) is 4.24. The van der Waals surface area contributed by atoms with E-state index in [-0.39, 0.29) is 24.3 Å². The monoisotopic (exact) mass is 513 g/mol. The summed E-state index contributed by atoms with van der Waals surface area (Å²) in [5.41, 5.74) is 1.20. The van der Waals surface area contributed by atoms with Crippen LogP contribution in [0.5, 0.6) is 17.2 Å². The number of thioether (sulfide) groups is 1. The summed E-state index contributed by atoms with van der Waals surface area (Å²) in [5.74, 6) is 1.29. The molecule has 36 heavy (non-hydrogen) atoms. The highest BCUT2D eigenvalue weighted by molar-refractivity contribution is 8.15. The van der Waals surface area contributed by atoms with Crippen molar-refractivity contribution in [3.05, 3.63) is 42.5 Å². The molecule has 2 atom stereocenters. The van der Waals surface area contributed by atoms with Gasteiger partial charge in [-0.15, -0.1) is 0 Å². The van der Waals surface area contributed by atoms with E-state index < -0.39 is 5.25 Å². The Morgan fingerprint density at radius 3 is 2.69 bits per heavy atom. The van der Waals surface area contributed by atoms with Crippen molar-refractivity contribution in [3.63, 3.8) is 0 Å². The molecular formula is C26H31N3O6S. The molecule has 0 saturated carbocycles. The second-order valence-corrected chi connectivity index (χ2v) is 9.48. The van der Waals surface area contributed by atoms with Crippen molar-refractivity contribution in [1.29, 1.82) is 0 Å². The molecule has 2 aromatic rings. The van der Waals surface area contributed by atoms with Crippen LogP contribution in [0, 0.1) is 0 Å². The topological polar surface area (TPSA) is 98.7 Å². The molecule has 2 aliphatic heterocycles. The van der Waals surface area contributed by atoms with Crippen molar-refractivity contribution in [2.45, 2.75) is 37.5 Å². The van der Waals surface area contributed by atoms with Crippen LogP contribution in [0.4, 0.5) is 11.4 Å². The van der Waals surface area contributed by atoms with E-state index in [1.54, 1.807) is 30.2 Å². The van der Waals surface area contributed by atoms with Gasteiger partial charge >= 0.3 is 0 Å². The number of hydrogen-bond donors (Lipinski definition) is 1. The average molecular weight is 514 g/mol. The number of amidine groups is 1. The van der Waals surface area contributed by atoms with Crippen LogP contribution < -0.4 is 19.5 Å². The molecule has 0 aromatic heterocycles. The van der Waals surface area contributed by atoms with E-state index in [1.165, 1.54) is 18.9 Å². The van der Waals surface area contributed by atoms with E-state index in [2.05, 4.69) is 5.32 Å². The largest absolute Gasteiger partial charge is 0.493 e. The summed E-state index contributed by atoms with van der Waals surface area (Å²) in [5, 5.41) is 2.81. The first-order chi connectivity index (χ1) is 17.5. The first-order valence-corrected chi connectivity index (χ1v) is 12.8. The molecule has 1 N–H and O–H groups in total. The summed E-state index contributed by atoms with van der Waals surface area (Å²) < 4.78 is 22.0. The first kappa shape index (κ1) is 25.8. The molecule has 4 rings (SSSR count). The highest BCUT2D eigenvalue weighted by Gasteiger charge is 2.40. The van der Waals surface area contributed by atoms with Gasteiger partial charge in [-0.2, -0.15) is 0 Å². The Kier molecular flexibility index (Phi) is 8.71. The molecule has 2 fully saturated rings. The van der Waals surface area contributed by atoms with Crippen LogP contribution in [0.15, 0.2) is 47.5 Å². The summed E-state index contributed by atoms with van der Waals surface area (Å²) in [6, 6.07) is 12.6. The van der Waals surface area contributed by atoms with Gasteiger partial charge < -0.3 is 24.3 Å². The first-order valence-electron chi connectivity index (χ1n) is 11.9. The zero-order valence-corrected chi connectivity index (χ0v) is 21.5. The minimum absolute atomic E-state index is 0.00595.